The van der Waals surface area contributed by atoms with Crippen molar-refractivity contribution < 1.29 is 13.9 Å². The van der Waals surface area contributed by atoms with Crippen molar-refractivity contribution in [3.63, 3.8) is 0 Å². The first-order valence-electron chi connectivity index (χ1n) is 6.36. The van der Waals surface area contributed by atoms with Crippen molar-refractivity contribution in [2.45, 2.75) is 13.0 Å². The summed E-state index contributed by atoms with van der Waals surface area (Å²) < 4.78 is 19.7. The molecule has 1 heterocycles. The molecule has 2 aromatic rings. The van der Waals surface area contributed by atoms with E-state index in [1.807, 2.05) is 12.3 Å². The minimum Gasteiger partial charge on any atom is -0.484 e. The first-order valence-corrected chi connectivity index (χ1v) is 6.36. The van der Waals surface area contributed by atoms with Crippen LogP contribution in [0.25, 0.3) is 0 Å². The third-order valence-electron chi connectivity index (χ3n) is 2.63. The number of nitrogens with zero attached hydrogens (tertiary/aromatic N) is 2. The Kier molecular flexibility index (Phi) is 5.11. The highest BCUT2D eigenvalue weighted by Gasteiger charge is 2.02. The average Bonchev–Trinajstić information content (AvgIpc) is 2.96. The Morgan fingerprint density at radius 2 is 2.15 bits per heavy atom. The molecule has 0 saturated heterocycles. The first-order chi connectivity index (χ1) is 9.74. The number of carbonyl (C=O) groups excluding carboxylic acids is 1. The molecule has 0 saturated carbocycles. The third kappa shape index (κ3) is 4.72. The molecule has 0 aliphatic carbocycles. The van der Waals surface area contributed by atoms with Crippen LogP contribution in [0.4, 0.5) is 4.39 Å². The monoisotopic (exact) mass is 277 g/mol. The molecule has 0 aliphatic rings. The normalized spacial score (nSPS) is 10.2. The molecular formula is C14H16FN3O2. The Hall–Kier alpha value is -2.37. The molecule has 0 spiro atoms. The van der Waals surface area contributed by atoms with Crippen molar-refractivity contribution in [1.29, 1.82) is 0 Å². The van der Waals surface area contributed by atoms with Gasteiger partial charge in [0.2, 0.25) is 0 Å². The molecule has 0 bridgehead atoms. The number of hydrogen-bond donors (Lipinski definition) is 1. The summed E-state index contributed by atoms with van der Waals surface area (Å²) >= 11 is 0. The highest BCUT2D eigenvalue weighted by molar-refractivity contribution is 5.77. The molecule has 1 N–H and O–H groups in total. The van der Waals surface area contributed by atoms with Gasteiger partial charge in [0.25, 0.3) is 5.91 Å². The minimum atomic E-state index is -0.333. The zero-order chi connectivity index (χ0) is 14.2. The van der Waals surface area contributed by atoms with E-state index in [2.05, 4.69) is 10.4 Å². The summed E-state index contributed by atoms with van der Waals surface area (Å²) in [4.78, 5) is 11.5. The second kappa shape index (κ2) is 7.28. The van der Waals surface area contributed by atoms with E-state index in [1.54, 1.807) is 10.9 Å². The van der Waals surface area contributed by atoms with Gasteiger partial charge in [0.05, 0.1) is 0 Å². The number of hydrogen-bond acceptors (Lipinski definition) is 3. The topological polar surface area (TPSA) is 56.1 Å². The molecule has 0 fully saturated rings. The van der Waals surface area contributed by atoms with Gasteiger partial charge in [-0.25, -0.2) is 4.39 Å². The molecule has 6 heteroatoms. The van der Waals surface area contributed by atoms with E-state index in [9.17, 15) is 9.18 Å². The van der Waals surface area contributed by atoms with Crippen LogP contribution in [0.5, 0.6) is 5.75 Å². The Bertz CT molecular complexity index is 526. The molecule has 20 heavy (non-hydrogen) atoms. The maximum Gasteiger partial charge on any atom is 0.257 e. The number of halogens is 1. The Balaban J connectivity index is 1.59. The molecule has 1 aromatic carbocycles. The SMILES string of the molecule is O=C(COc1ccc(F)cc1)NCCCn1cccn1. The van der Waals surface area contributed by atoms with Gasteiger partial charge in [-0.3, -0.25) is 9.48 Å². The molecule has 0 aliphatic heterocycles. The van der Waals surface area contributed by atoms with Crippen LogP contribution in [-0.2, 0) is 11.3 Å². The van der Waals surface area contributed by atoms with E-state index >= 15 is 0 Å². The van der Waals surface area contributed by atoms with E-state index in [1.165, 1.54) is 24.3 Å². The van der Waals surface area contributed by atoms with Crippen molar-refractivity contribution in [3.8, 4) is 5.75 Å². The van der Waals surface area contributed by atoms with E-state index in [0.29, 0.717) is 12.3 Å². The van der Waals surface area contributed by atoms with E-state index in [4.69, 9.17) is 4.74 Å². The van der Waals surface area contributed by atoms with Crippen molar-refractivity contribution >= 4 is 5.91 Å². The average molecular weight is 277 g/mol. The number of aryl methyl sites for hydroxylation is 1. The maximum absolute atomic E-state index is 12.7. The predicted molar refractivity (Wildman–Crippen MR) is 71.7 cm³/mol. The number of aromatic nitrogens is 2. The molecule has 1 aromatic heterocycles. The largest absolute Gasteiger partial charge is 0.484 e. The highest BCUT2D eigenvalue weighted by atomic mass is 19.1. The fourth-order valence-corrected chi connectivity index (χ4v) is 1.63. The Morgan fingerprint density at radius 1 is 1.35 bits per heavy atom. The second-order valence-corrected chi connectivity index (χ2v) is 4.22. The van der Waals surface area contributed by atoms with Crippen LogP contribution in [0.2, 0.25) is 0 Å². The fourth-order valence-electron chi connectivity index (χ4n) is 1.63. The lowest BCUT2D eigenvalue weighted by molar-refractivity contribution is -0.123. The van der Waals surface area contributed by atoms with Gasteiger partial charge in [-0.2, -0.15) is 5.10 Å². The number of ether oxygens (including phenoxy) is 1. The summed E-state index contributed by atoms with van der Waals surface area (Å²) in [6.07, 6.45) is 4.39. The fraction of sp³-hybridized carbons (Fsp3) is 0.286. The minimum absolute atomic E-state index is 0.0760. The summed E-state index contributed by atoms with van der Waals surface area (Å²) in [6.45, 7) is 1.24. The van der Waals surface area contributed by atoms with Crippen LogP contribution in [-0.4, -0.2) is 28.8 Å². The number of amides is 1. The first kappa shape index (κ1) is 14.0. The number of carbonyl (C=O) groups is 1. The van der Waals surface area contributed by atoms with Gasteiger partial charge in [0, 0.05) is 25.5 Å². The van der Waals surface area contributed by atoms with E-state index in [-0.39, 0.29) is 18.3 Å². The van der Waals surface area contributed by atoms with Crippen molar-refractivity contribution in [2.24, 2.45) is 0 Å². The molecule has 106 valence electrons. The Morgan fingerprint density at radius 3 is 2.85 bits per heavy atom. The van der Waals surface area contributed by atoms with Crippen molar-refractivity contribution in [3.05, 3.63) is 48.5 Å². The molecule has 0 atom stereocenters. The molecule has 2 rings (SSSR count). The van der Waals surface area contributed by atoms with Gasteiger partial charge in [-0.1, -0.05) is 0 Å². The van der Waals surface area contributed by atoms with Crippen LogP contribution < -0.4 is 10.1 Å². The quantitative estimate of drug-likeness (QED) is 0.782. The number of nitrogens with one attached hydrogen (secondary N) is 1. The van der Waals surface area contributed by atoms with Crippen molar-refractivity contribution in [1.82, 2.24) is 15.1 Å². The predicted octanol–water partition coefficient (Wildman–Crippen LogP) is 1.61. The summed E-state index contributed by atoms with van der Waals surface area (Å²) in [5.41, 5.74) is 0. The smallest absolute Gasteiger partial charge is 0.257 e. The second-order valence-electron chi connectivity index (χ2n) is 4.22. The summed E-state index contributed by atoms with van der Waals surface area (Å²) in [7, 11) is 0. The van der Waals surface area contributed by atoms with Crippen LogP contribution in [0.3, 0.4) is 0 Å². The standard InChI is InChI=1S/C14H16FN3O2/c15-12-3-5-13(6-4-12)20-11-14(19)16-7-1-9-18-10-2-8-17-18/h2-6,8,10H,1,7,9,11H2,(H,16,19). The lowest BCUT2D eigenvalue weighted by Gasteiger charge is -2.07. The highest BCUT2D eigenvalue weighted by Crippen LogP contribution is 2.10. The maximum atomic E-state index is 12.7. The van der Waals surface area contributed by atoms with Gasteiger partial charge in [-0.15, -0.1) is 0 Å². The molecule has 0 unspecified atom stereocenters. The van der Waals surface area contributed by atoms with Gasteiger partial charge in [0.1, 0.15) is 11.6 Å². The van der Waals surface area contributed by atoms with Crippen LogP contribution in [0, 0.1) is 5.82 Å². The van der Waals surface area contributed by atoms with Crippen LogP contribution in [0.15, 0.2) is 42.7 Å². The van der Waals surface area contributed by atoms with E-state index < -0.39 is 0 Å². The van der Waals surface area contributed by atoms with Gasteiger partial charge in [-0.05, 0) is 36.8 Å². The van der Waals surface area contributed by atoms with Crippen LogP contribution in [0.1, 0.15) is 6.42 Å². The molecule has 0 radical (unpaired) electrons. The number of benzene rings is 1. The molecular weight excluding hydrogens is 261 g/mol. The molecule has 1 amide bonds. The summed E-state index contributed by atoms with van der Waals surface area (Å²) in [6, 6.07) is 7.41. The van der Waals surface area contributed by atoms with Crippen molar-refractivity contribution in [2.75, 3.05) is 13.2 Å². The lowest BCUT2D eigenvalue weighted by Crippen LogP contribution is -2.30. The molecule has 5 nitrogen and oxygen atoms in total. The van der Waals surface area contributed by atoms with Gasteiger partial charge < -0.3 is 10.1 Å². The lowest BCUT2D eigenvalue weighted by atomic mass is 10.3. The zero-order valence-corrected chi connectivity index (χ0v) is 11.0. The summed E-state index contributed by atoms with van der Waals surface area (Å²) in [5.74, 6) is -0.0618. The number of rotatable bonds is 7. The third-order valence-corrected chi connectivity index (χ3v) is 2.63. The Labute approximate surface area is 116 Å². The summed E-state index contributed by atoms with van der Waals surface area (Å²) in [5, 5.41) is 6.81. The van der Waals surface area contributed by atoms with Crippen LogP contribution >= 0.6 is 0 Å². The zero-order valence-electron chi connectivity index (χ0n) is 11.0. The van der Waals surface area contributed by atoms with Gasteiger partial charge in [0.15, 0.2) is 6.61 Å². The van der Waals surface area contributed by atoms with E-state index in [0.717, 1.165) is 13.0 Å². The van der Waals surface area contributed by atoms with Gasteiger partial charge >= 0.3 is 0 Å².